The number of thioether (sulfide) groups is 1. The van der Waals surface area contributed by atoms with Crippen molar-refractivity contribution in [3.63, 3.8) is 0 Å². The number of para-hydroxylation sites is 1. The molecule has 0 bridgehead atoms. The summed E-state index contributed by atoms with van der Waals surface area (Å²) in [5.74, 6) is -0.000489. The molecule has 86 valence electrons. The van der Waals surface area contributed by atoms with Crippen LogP contribution in [0.5, 0.6) is 0 Å². The Labute approximate surface area is 101 Å². The summed E-state index contributed by atoms with van der Waals surface area (Å²) in [6.07, 6.45) is 5.30. The zero-order valence-electron chi connectivity index (χ0n) is 9.53. The lowest BCUT2D eigenvalue weighted by Gasteiger charge is -2.13. The second kappa shape index (κ2) is 5.39. The number of hydrogen-bond donors (Lipinski definition) is 1. The third-order valence-electron chi connectivity index (χ3n) is 2.79. The molecule has 0 atom stereocenters. The van der Waals surface area contributed by atoms with Crippen LogP contribution in [0.1, 0.15) is 32.6 Å². The highest BCUT2D eigenvalue weighted by Gasteiger charge is 2.17. The fourth-order valence-corrected chi connectivity index (χ4v) is 3.38. The molecule has 2 nitrogen and oxygen atoms in total. The highest BCUT2D eigenvalue weighted by Crippen LogP contribution is 2.37. The summed E-state index contributed by atoms with van der Waals surface area (Å²) in [4.78, 5) is 12.3. The average molecular weight is 235 g/mol. The van der Waals surface area contributed by atoms with Crippen LogP contribution in [0.2, 0.25) is 0 Å². The molecule has 0 spiro atoms. The molecule has 0 unspecified atom stereocenters. The third kappa shape index (κ3) is 3.01. The van der Waals surface area contributed by atoms with Crippen LogP contribution >= 0.6 is 11.8 Å². The third-order valence-corrected chi connectivity index (χ3v) is 4.21. The van der Waals surface area contributed by atoms with E-state index in [9.17, 15) is 4.79 Å². The van der Waals surface area contributed by atoms with Crippen molar-refractivity contribution in [2.45, 2.75) is 42.8 Å². The van der Waals surface area contributed by atoms with Crippen LogP contribution in [-0.2, 0) is 4.79 Å². The van der Waals surface area contributed by atoms with E-state index < -0.39 is 0 Å². The molecule has 3 heteroatoms. The van der Waals surface area contributed by atoms with Gasteiger partial charge in [0.25, 0.3) is 0 Å². The first kappa shape index (κ1) is 11.5. The van der Waals surface area contributed by atoms with Crippen molar-refractivity contribution < 1.29 is 4.79 Å². The van der Waals surface area contributed by atoms with Crippen LogP contribution in [0.15, 0.2) is 29.2 Å². The van der Waals surface area contributed by atoms with Crippen LogP contribution in [-0.4, -0.2) is 11.2 Å². The Morgan fingerprint density at radius 2 is 2.00 bits per heavy atom. The fraction of sp³-hybridized carbons (Fsp3) is 0.462. The normalized spacial score (nSPS) is 16.3. The quantitative estimate of drug-likeness (QED) is 0.866. The molecular weight excluding hydrogens is 218 g/mol. The van der Waals surface area contributed by atoms with E-state index in [1.54, 1.807) is 6.92 Å². The molecule has 1 amide bonds. The van der Waals surface area contributed by atoms with E-state index in [-0.39, 0.29) is 5.91 Å². The van der Waals surface area contributed by atoms with Crippen LogP contribution < -0.4 is 5.32 Å². The van der Waals surface area contributed by atoms with Crippen LogP contribution in [0.25, 0.3) is 0 Å². The van der Waals surface area contributed by atoms with Crippen LogP contribution in [0.4, 0.5) is 5.69 Å². The highest BCUT2D eigenvalue weighted by atomic mass is 32.2. The minimum Gasteiger partial charge on any atom is -0.325 e. The summed E-state index contributed by atoms with van der Waals surface area (Å²) in [5.41, 5.74) is 0.951. The molecular formula is C13H17NOS. The standard InChI is InChI=1S/C13H17NOS/c1-10(15)14-12-8-4-5-9-13(12)16-11-6-2-3-7-11/h4-5,8-9,11H,2-3,6-7H2,1H3,(H,14,15). The average Bonchev–Trinajstić information content (AvgIpc) is 2.73. The zero-order valence-corrected chi connectivity index (χ0v) is 10.3. The summed E-state index contributed by atoms with van der Waals surface area (Å²) in [6, 6.07) is 8.06. The number of anilines is 1. The molecule has 0 aliphatic heterocycles. The van der Waals surface area contributed by atoms with Gasteiger partial charge in [0.15, 0.2) is 0 Å². The zero-order chi connectivity index (χ0) is 11.4. The first-order valence-electron chi connectivity index (χ1n) is 5.79. The monoisotopic (exact) mass is 235 g/mol. The van der Waals surface area contributed by atoms with Gasteiger partial charge in [-0.25, -0.2) is 0 Å². The van der Waals surface area contributed by atoms with Gasteiger partial charge >= 0.3 is 0 Å². The molecule has 0 heterocycles. The van der Waals surface area contributed by atoms with Gasteiger partial charge in [0.2, 0.25) is 5.91 Å². The van der Waals surface area contributed by atoms with Gasteiger partial charge in [-0.3, -0.25) is 4.79 Å². The molecule has 1 saturated carbocycles. The Bertz CT molecular complexity index is 372. The molecule has 1 N–H and O–H groups in total. The topological polar surface area (TPSA) is 29.1 Å². The van der Waals surface area contributed by atoms with Gasteiger partial charge in [0.1, 0.15) is 0 Å². The summed E-state index contributed by atoms with van der Waals surface area (Å²) in [7, 11) is 0. The molecule has 0 saturated heterocycles. The molecule has 1 aliphatic rings. The Morgan fingerprint density at radius 1 is 1.31 bits per heavy atom. The Morgan fingerprint density at radius 3 is 2.69 bits per heavy atom. The number of amides is 1. The van der Waals surface area contributed by atoms with E-state index in [0.29, 0.717) is 0 Å². The van der Waals surface area contributed by atoms with E-state index in [0.717, 1.165) is 10.9 Å². The highest BCUT2D eigenvalue weighted by molar-refractivity contribution is 8.00. The van der Waals surface area contributed by atoms with Crippen LogP contribution in [0, 0.1) is 0 Å². The van der Waals surface area contributed by atoms with Crippen molar-refractivity contribution in [2.75, 3.05) is 5.32 Å². The number of carbonyl (C=O) groups excluding carboxylic acids is 1. The van der Waals surface area contributed by atoms with Crippen molar-refractivity contribution in [3.8, 4) is 0 Å². The van der Waals surface area contributed by atoms with E-state index >= 15 is 0 Å². The van der Waals surface area contributed by atoms with Crippen molar-refractivity contribution in [3.05, 3.63) is 24.3 Å². The maximum absolute atomic E-state index is 11.1. The lowest BCUT2D eigenvalue weighted by molar-refractivity contribution is -0.114. The first-order valence-corrected chi connectivity index (χ1v) is 6.67. The van der Waals surface area contributed by atoms with Gasteiger partial charge in [-0.05, 0) is 25.0 Å². The van der Waals surface area contributed by atoms with Crippen molar-refractivity contribution in [1.29, 1.82) is 0 Å². The molecule has 1 fully saturated rings. The Hall–Kier alpha value is -0.960. The van der Waals surface area contributed by atoms with Crippen LogP contribution in [0.3, 0.4) is 0 Å². The van der Waals surface area contributed by atoms with Gasteiger partial charge < -0.3 is 5.32 Å². The maximum atomic E-state index is 11.1. The summed E-state index contributed by atoms with van der Waals surface area (Å²) in [6.45, 7) is 1.55. The summed E-state index contributed by atoms with van der Waals surface area (Å²) >= 11 is 1.91. The molecule has 0 aromatic heterocycles. The molecule has 2 rings (SSSR count). The Kier molecular flexibility index (Phi) is 3.88. The SMILES string of the molecule is CC(=O)Nc1ccccc1SC1CCCC1. The van der Waals surface area contributed by atoms with E-state index in [1.165, 1.54) is 30.6 Å². The largest absolute Gasteiger partial charge is 0.325 e. The van der Waals surface area contributed by atoms with E-state index in [1.807, 2.05) is 30.0 Å². The molecule has 1 aromatic rings. The lowest BCUT2D eigenvalue weighted by Crippen LogP contribution is -2.07. The van der Waals surface area contributed by atoms with Gasteiger partial charge in [-0.2, -0.15) is 0 Å². The fourth-order valence-electron chi connectivity index (χ4n) is 2.05. The first-order chi connectivity index (χ1) is 7.75. The smallest absolute Gasteiger partial charge is 0.221 e. The van der Waals surface area contributed by atoms with Gasteiger partial charge in [-0.1, -0.05) is 25.0 Å². The van der Waals surface area contributed by atoms with Crippen molar-refractivity contribution in [2.24, 2.45) is 0 Å². The predicted octanol–water partition coefficient (Wildman–Crippen LogP) is 3.68. The number of benzene rings is 1. The summed E-state index contributed by atoms with van der Waals surface area (Å²) < 4.78 is 0. The van der Waals surface area contributed by atoms with Gasteiger partial charge in [-0.15, -0.1) is 11.8 Å². The van der Waals surface area contributed by atoms with E-state index in [2.05, 4.69) is 11.4 Å². The lowest BCUT2D eigenvalue weighted by atomic mass is 10.3. The van der Waals surface area contributed by atoms with Gasteiger partial charge in [0.05, 0.1) is 5.69 Å². The molecule has 16 heavy (non-hydrogen) atoms. The molecule has 1 aliphatic carbocycles. The number of carbonyl (C=O) groups is 1. The number of rotatable bonds is 3. The van der Waals surface area contributed by atoms with Crippen molar-refractivity contribution in [1.82, 2.24) is 0 Å². The molecule has 0 radical (unpaired) electrons. The maximum Gasteiger partial charge on any atom is 0.221 e. The molecule has 1 aromatic carbocycles. The predicted molar refractivity (Wildman–Crippen MR) is 68.9 cm³/mol. The Balaban J connectivity index is 2.09. The minimum absolute atomic E-state index is 0.000489. The van der Waals surface area contributed by atoms with Crippen molar-refractivity contribution >= 4 is 23.4 Å². The number of nitrogens with one attached hydrogen (secondary N) is 1. The number of hydrogen-bond acceptors (Lipinski definition) is 2. The second-order valence-electron chi connectivity index (χ2n) is 4.20. The van der Waals surface area contributed by atoms with E-state index in [4.69, 9.17) is 0 Å². The van der Waals surface area contributed by atoms with Gasteiger partial charge in [0, 0.05) is 17.1 Å². The summed E-state index contributed by atoms with van der Waals surface area (Å²) in [5, 5.41) is 3.62. The minimum atomic E-state index is -0.000489. The second-order valence-corrected chi connectivity index (χ2v) is 5.54.